The topological polar surface area (TPSA) is 35.5 Å². The summed E-state index contributed by atoms with van der Waals surface area (Å²) < 4.78 is 0. The van der Waals surface area contributed by atoms with Gasteiger partial charge >= 0.3 is 0 Å². The third kappa shape index (κ3) is 6.39. The number of aliphatic hydroxyl groups is 1. The number of aliphatic hydroxyl groups excluding tert-OH is 1. The maximum atomic E-state index is 9.93. The third-order valence-corrected chi connectivity index (χ3v) is 3.69. The molecule has 0 radical (unpaired) electrons. The van der Waals surface area contributed by atoms with Gasteiger partial charge in [0.05, 0.1) is 6.10 Å². The van der Waals surface area contributed by atoms with Gasteiger partial charge in [-0.2, -0.15) is 0 Å². The van der Waals surface area contributed by atoms with Gasteiger partial charge in [-0.15, -0.1) is 0 Å². The molecule has 102 valence electrons. The normalized spacial score (nSPS) is 21.0. The predicted octanol–water partition coefficient (Wildman–Crippen LogP) is 1.71. The van der Waals surface area contributed by atoms with Crippen LogP contribution in [0.1, 0.15) is 40.0 Å². The van der Waals surface area contributed by atoms with E-state index in [2.05, 4.69) is 31.0 Å². The minimum Gasteiger partial charge on any atom is -0.390 e. The zero-order valence-electron chi connectivity index (χ0n) is 11.8. The largest absolute Gasteiger partial charge is 0.390 e. The van der Waals surface area contributed by atoms with Crippen molar-refractivity contribution in [3.63, 3.8) is 0 Å². The van der Waals surface area contributed by atoms with Gasteiger partial charge in [-0.3, -0.25) is 0 Å². The van der Waals surface area contributed by atoms with E-state index in [4.69, 9.17) is 0 Å². The van der Waals surface area contributed by atoms with Crippen molar-refractivity contribution in [3.05, 3.63) is 0 Å². The lowest BCUT2D eigenvalue weighted by Crippen LogP contribution is -2.42. The summed E-state index contributed by atoms with van der Waals surface area (Å²) in [5, 5.41) is 13.3. The standard InChI is InChI=1S/C14H30N2O/c1-4-13-5-7-16(8-6-13)11-14(17)10-15-9-12(2)3/h12-15,17H,4-11H2,1-3H3. The van der Waals surface area contributed by atoms with E-state index < -0.39 is 0 Å². The molecule has 1 aliphatic heterocycles. The van der Waals surface area contributed by atoms with Crippen LogP contribution in [0.25, 0.3) is 0 Å². The van der Waals surface area contributed by atoms with E-state index in [1.807, 2.05) is 0 Å². The second-order valence-corrected chi connectivity index (χ2v) is 5.86. The molecule has 1 heterocycles. The fourth-order valence-electron chi connectivity index (χ4n) is 2.48. The fourth-order valence-corrected chi connectivity index (χ4v) is 2.48. The molecule has 1 fully saturated rings. The molecule has 1 atom stereocenters. The van der Waals surface area contributed by atoms with Crippen LogP contribution in [-0.4, -0.2) is 48.8 Å². The van der Waals surface area contributed by atoms with Gasteiger partial charge in [0, 0.05) is 13.1 Å². The Kier molecular flexibility index (Phi) is 7.09. The molecule has 3 nitrogen and oxygen atoms in total. The third-order valence-electron chi connectivity index (χ3n) is 3.69. The highest BCUT2D eigenvalue weighted by Gasteiger charge is 2.19. The number of hydrogen-bond acceptors (Lipinski definition) is 3. The number of piperidine rings is 1. The minimum atomic E-state index is -0.216. The summed E-state index contributed by atoms with van der Waals surface area (Å²) >= 11 is 0. The summed E-state index contributed by atoms with van der Waals surface area (Å²) in [5.41, 5.74) is 0. The monoisotopic (exact) mass is 242 g/mol. The van der Waals surface area contributed by atoms with Gasteiger partial charge < -0.3 is 15.3 Å². The van der Waals surface area contributed by atoms with Gasteiger partial charge in [-0.05, 0) is 44.3 Å². The molecule has 1 aliphatic rings. The molecule has 0 aromatic carbocycles. The van der Waals surface area contributed by atoms with Crippen LogP contribution in [0.3, 0.4) is 0 Å². The molecule has 17 heavy (non-hydrogen) atoms. The molecular weight excluding hydrogens is 212 g/mol. The van der Waals surface area contributed by atoms with Crippen molar-refractivity contribution in [2.45, 2.75) is 46.1 Å². The number of nitrogens with zero attached hydrogens (tertiary/aromatic N) is 1. The SMILES string of the molecule is CCC1CCN(CC(O)CNCC(C)C)CC1. The van der Waals surface area contributed by atoms with Crippen LogP contribution < -0.4 is 5.32 Å². The maximum Gasteiger partial charge on any atom is 0.0791 e. The quantitative estimate of drug-likeness (QED) is 0.713. The first-order valence-electron chi connectivity index (χ1n) is 7.23. The summed E-state index contributed by atoms with van der Waals surface area (Å²) in [4.78, 5) is 2.41. The van der Waals surface area contributed by atoms with Crippen molar-refractivity contribution in [1.29, 1.82) is 0 Å². The number of rotatable bonds is 7. The Morgan fingerprint density at radius 2 is 1.88 bits per heavy atom. The lowest BCUT2D eigenvalue weighted by atomic mass is 9.94. The van der Waals surface area contributed by atoms with E-state index >= 15 is 0 Å². The average Bonchev–Trinajstić information content (AvgIpc) is 2.29. The number of hydrogen-bond donors (Lipinski definition) is 2. The molecule has 0 aromatic rings. The molecule has 0 aromatic heterocycles. The zero-order valence-corrected chi connectivity index (χ0v) is 11.8. The van der Waals surface area contributed by atoms with Gasteiger partial charge in [0.2, 0.25) is 0 Å². The molecule has 2 N–H and O–H groups in total. The summed E-state index contributed by atoms with van der Waals surface area (Å²) in [6.07, 6.45) is 3.71. The first-order valence-corrected chi connectivity index (χ1v) is 7.23. The molecule has 0 spiro atoms. The highest BCUT2D eigenvalue weighted by Crippen LogP contribution is 2.19. The molecule has 0 saturated carbocycles. The molecule has 1 unspecified atom stereocenters. The second-order valence-electron chi connectivity index (χ2n) is 5.86. The van der Waals surface area contributed by atoms with E-state index in [-0.39, 0.29) is 6.10 Å². The Morgan fingerprint density at radius 1 is 1.24 bits per heavy atom. The smallest absolute Gasteiger partial charge is 0.0791 e. The fraction of sp³-hybridized carbons (Fsp3) is 1.00. The molecule has 0 aliphatic carbocycles. The van der Waals surface area contributed by atoms with Crippen LogP contribution in [0.2, 0.25) is 0 Å². The predicted molar refractivity (Wildman–Crippen MR) is 73.2 cm³/mol. The van der Waals surface area contributed by atoms with E-state index in [0.29, 0.717) is 5.92 Å². The van der Waals surface area contributed by atoms with Gasteiger partial charge in [0.25, 0.3) is 0 Å². The van der Waals surface area contributed by atoms with Gasteiger partial charge in [0.15, 0.2) is 0 Å². The summed E-state index contributed by atoms with van der Waals surface area (Å²) in [7, 11) is 0. The summed E-state index contributed by atoms with van der Waals surface area (Å²) in [6, 6.07) is 0. The van der Waals surface area contributed by atoms with Gasteiger partial charge in [-0.1, -0.05) is 27.2 Å². The Morgan fingerprint density at radius 3 is 2.41 bits per heavy atom. The van der Waals surface area contributed by atoms with E-state index in [0.717, 1.165) is 25.6 Å². The minimum absolute atomic E-state index is 0.216. The highest BCUT2D eigenvalue weighted by molar-refractivity contribution is 4.74. The Bertz CT molecular complexity index is 189. The van der Waals surface area contributed by atoms with Crippen LogP contribution in [-0.2, 0) is 0 Å². The lowest BCUT2D eigenvalue weighted by Gasteiger charge is -2.32. The van der Waals surface area contributed by atoms with Crippen molar-refractivity contribution in [2.75, 3.05) is 32.7 Å². The van der Waals surface area contributed by atoms with Crippen molar-refractivity contribution < 1.29 is 5.11 Å². The summed E-state index contributed by atoms with van der Waals surface area (Å²) in [5.74, 6) is 1.57. The molecule has 3 heteroatoms. The highest BCUT2D eigenvalue weighted by atomic mass is 16.3. The zero-order chi connectivity index (χ0) is 12.7. The van der Waals surface area contributed by atoms with Crippen LogP contribution in [0, 0.1) is 11.8 Å². The van der Waals surface area contributed by atoms with E-state index in [1.165, 1.54) is 32.4 Å². The average molecular weight is 242 g/mol. The Balaban J connectivity index is 2.08. The van der Waals surface area contributed by atoms with Crippen molar-refractivity contribution >= 4 is 0 Å². The second kappa shape index (κ2) is 8.06. The van der Waals surface area contributed by atoms with Crippen LogP contribution in [0.4, 0.5) is 0 Å². The molecule has 1 saturated heterocycles. The van der Waals surface area contributed by atoms with Gasteiger partial charge in [-0.25, -0.2) is 0 Å². The van der Waals surface area contributed by atoms with Crippen LogP contribution in [0.5, 0.6) is 0 Å². The van der Waals surface area contributed by atoms with Crippen molar-refractivity contribution in [3.8, 4) is 0 Å². The number of likely N-dealkylation sites (tertiary alicyclic amines) is 1. The number of β-amino-alcohol motifs (C(OH)–C–C–N with tert-alkyl or cyclic N) is 1. The van der Waals surface area contributed by atoms with Crippen molar-refractivity contribution in [2.24, 2.45) is 11.8 Å². The first-order chi connectivity index (χ1) is 8.11. The number of nitrogens with one attached hydrogen (secondary N) is 1. The molecule has 0 amide bonds. The maximum absolute atomic E-state index is 9.93. The molecule has 1 rings (SSSR count). The van der Waals surface area contributed by atoms with E-state index in [9.17, 15) is 5.11 Å². The van der Waals surface area contributed by atoms with E-state index in [1.54, 1.807) is 0 Å². The first kappa shape index (κ1) is 14.9. The van der Waals surface area contributed by atoms with Crippen molar-refractivity contribution in [1.82, 2.24) is 10.2 Å². The van der Waals surface area contributed by atoms with Gasteiger partial charge in [0.1, 0.15) is 0 Å². The Hall–Kier alpha value is -0.120. The summed E-state index contributed by atoms with van der Waals surface area (Å²) in [6.45, 7) is 11.6. The van der Waals surface area contributed by atoms with Crippen LogP contribution >= 0.6 is 0 Å². The van der Waals surface area contributed by atoms with Crippen LogP contribution in [0.15, 0.2) is 0 Å². The lowest BCUT2D eigenvalue weighted by molar-refractivity contribution is 0.0877. The molecule has 0 bridgehead atoms. The Labute approximate surface area is 107 Å². The molecular formula is C14H30N2O.